The third kappa shape index (κ3) is 6.87. The van der Waals surface area contributed by atoms with Crippen LogP contribution in [0.5, 0.6) is 0 Å². The highest BCUT2D eigenvalue weighted by molar-refractivity contribution is 7.99. The highest BCUT2D eigenvalue weighted by Gasteiger charge is 2.15. The maximum absolute atomic E-state index is 12.1. The Morgan fingerprint density at radius 2 is 2.08 bits per heavy atom. The van der Waals surface area contributed by atoms with Crippen LogP contribution in [0.15, 0.2) is 34.9 Å². The summed E-state index contributed by atoms with van der Waals surface area (Å²) in [7, 11) is 0. The maximum Gasteiger partial charge on any atom is 0.316 e. The number of nitrogens with one attached hydrogen (secondary N) is 1. The molecule has 1 N–H and O–H groups in total. The number of nitrogens with zero attached hydrogens (tertiary/aromatic N) is 2. The van der Waals surface area contributed by atoms with Crippen molar-refractivity contribution >= 4 is 23.6 Å². The fraction of sp³-hybridized carbons (Fsp3) is 0.444. The molecule has 0 fully saturated rings. The van der Waals surface area contributed by atoms with E-state index in [9.17, 15) is 9.59 Å². The van der Waals surface area contributed by atoms with Crippen molar-refractivity contribution in [3.63, 3.8) is 0 Å². The van der Waals surface area contributed by atoms with E-state index in [1.165, 1.54) is 11.8 Å². The summed E-state index contributed by atoms with van der Waals surface area (Å²) in [6, 6.07) is 9.68. The first kappa shape index (κ1) is 20.0. The predicted molar refractivity (Wildman–Crippen MR) is 98.4 cm³/mol. The lowest BCUT2D eigenvalue weighted by atomic mass is 10.0. The van der Waals surface area contributed by atoms with Gasteiger partial charge >= 0.3 is 5.97 Å². The third-order valence-electron chi connectivity index (χ3n) is 3.50. The van der Waals surface area contributed by atoms with E-state index >= 15 is 0 Å². The molecular weight excluding hydrogens is 354 g/mol. The number of carbonyl (C=O) groups is 2. The number of esters is 1. The molecule has 1 unspecified atom stereocenters. The number of thioether (sulfide) groups is 1. The van der Waals surface area contributed by atoms with Gasteiger partial charge in [0.15, 0.2) is 12.4 Å². The van der Waals surface area contributed by atoms with Gasteiger partial charge in [0.1, 0.15) is 0 Å². The Labute approximate surface area is 156 Å². The lowest BCUT2D eigenvalue weighted by Crippen LogP contribution is -2.32. The fourth-order valence-electron chi connectivity index (χ4n) is 2.35. The highest BCUT2D eigenvalue weighted by Crippen LogP contribution is 2.18. The summed E-state index contributed by atoms with van der Waals surface area (Å²) in [4.78, 5) is 27.9. The smallest absolute Gasteiger partial charge is 0.316 e. The average molecular weight is 377 g/mol. The molecule has 1 amide bonds. The van der Waals surface area contributed by atoms with Crippen LogP contribution < -0.4 is 5.32 Å². The molecule has 0 saturated carbocycles. The van der Waals surface area contributed by atoms with Gasteiger partial charge in [-0.3, -0.25) is 9.59 Å². The van der Waals surface area contributed by atoms with E-state index in [4.69, 9.17) is 9.26 Å². The molecule has 0 saturated heterocycles. The van der Waals surface area contributed by atoms with Crippen molar-refractivity contribution in [3.8, 4) is 0 Å². The SMILES string of the molecule is CCCC(NC(=O)COC(=O)CSCc1noc(C)n1)c1ccccc1. The largest absolute Gasteiger partial charge is 0.455 e. The molecule has 2 aromatic rings. The van der Waals surface area contributed by atoms with Crippen molar-refractivity contribution in [2.75, 3.05) is 12.4 Å². The predicted octanol–water partition coefficient (Wildman–Crippen LogP) is 2.81. The number of hydrogen-bond acceptors (Lipinski definition) is 7. The number of hydrogen-bond donors (Lipinski definition) is 1. The fourth-order valence-corrected chi connectivity index (χ4v) is 3.00. The molecular formula is C18H23N3O4S. The van der Waals surface area contributed by atoms with E-state index in [2.05, 4.69) is 22.4 Å². The number of benzene rings is 1. The van der Waals surface area contributed by atoms with E-state index in [0.29, 0.717) is 17.5 Å². The maximum atomic E-state index is 12.1. The molecule has 0 aliphatic rings. The summed E-state index contributed by atoms with van der Waals surface area (Å²) >= 11 is 1.31. The lowest BCUT2D eigenvalue weighted by molar-refractivity contribution is -0.146. The summed E-state index contributed by atoms with van der Waals surface area (Å²) in [5.41, 5.74) is 1.04. The lowest BCUT2D eigenvalue weighted by Gasteiger charge is -2.18. The van der Waals surface area contributed by atoms with Gasteiger partial charge in [0.25, 0.3) is 5.91 Å². The first-order valence-corrected chi connectivity index (χ1v) is 9.60. The van der Waals surface area contributed by atoms with Crippen LogP contribution in [0.25, 0.3) is 0 Å². The second-order valence-corrected chi connectivity index (χ2v) is 6.69. The highest BCUT2D eigenvalue weighted by atomic mass is 32.2. The second kappa shape index (κ2) is 10.6. The first-order chi connectivity index (χ1) is 12.6. The summed E-state index contributed by atoms with van der Waals surface area (Å²) < 4.78 is 9.88. The minimum atomic E-state index is -0.447. The van der Waals surface area contributed by atoms with Gasteiger partial charge < -0.3 is 14.6 Å². The van der Waals surface area contributed by atoms with Crippen LogP contribution in [0.1, 0.15) is 43.1 Å². The molecule has 1 aromatic carbocycles. The Morgan fingerprint density at radius 3 is 2.73 bits per heavy atom. The number of amides is 1. The molecule has 26 heavy (non-hydrogen) atoms. The van der Waals surface area contributed by atoms with E-state index in [1.54, 1.807) is 6.92 Å². The van der Waals surface area contributed by atoms with Crippen molar-refractivity contribution in [1.82, 2.24) is 15.5 Å². The first-order valence-electron chi connectivity index (χ1n) is 8.45. The second-order valence-electron chi connectivity index (χ2n) is 5.70. The standard InChI is InChI=1S/C18H23N3O4S/c1-3-7-15(14-8-5-4-6-9-14)20-17(22)10-24-18(23)12-26-11-16-19-13(2)25-21-16/h4-6,8-9,15H,3,7,10-12H2,1-2H3,(H,20,22). The van der Waals surface area contributed by atoms with Gasteiger partial charge in [-0.25, -0.2) is 0 Å². The van der Waals surface area contributed by atoms with E-state index in [-0.39, 0.29) is 24.3 Å². The molecule has 0 radical (unpaired) electrons. The summed E-state index contributed by atoms with van der Waals surface area (Å²) in [6.07, 6.45) is 1.76. The molecule has 1 atom stereocenters. The van der Waals surface area contributed by atoms with Crippen LogP contribution in [0.3, 0.4) is 0 Å². The van der Waals surface area contributed by atoms with Gasteiger partial charge in [-0.15, -0.1) is 11.8 Å². The molecule has 140 valence electrons. The molecule has 7 nitrogen and oxygen atoms in total. The van der Waals surface area contributed by atoms with Crippen LogP contribution in [0.4, 0.5) is 0 Å². The van der Waals surface area contributed by atoms with Crippen molar-refractivity contribution < 1.29 is 18.8 Å². The number of ether oxygens (including phenoxy) is 1. The number of rotatable bonds is 10. The van der Waals surface area contributed by atoms with Gasteiger partial charge in [-0.2, -0.15) is 4.98 Å². The Hall–Kier alpha value is -2.35. The van der Waals surface area contributed by atoms with E-state index in [0.717, 1.165) is 18.4 Å². The molecule has 1 heterocycles. The molecule has 0 bridgehead atoms. The Balaban J connectivity index is 1.70. The molecule has 2 rings (SSSR count). The minimum Gasteiger partial charge on any atom is -0.455 e. The normalized spacial score (nSPS) is 11.8. The average Bonchev–Trinajstić information content (AvgIpc) is 3.05. The molecule has 0 spiro atoms. The van der Waals surface area contributed by atoms with Crippen molar-refractivity contribution in [2.24, 2.45) is 0 Å². The van der Waals surface area contributed by atoms with Crippen LogP contribution in [-0.2, 0) is 20.1 Å². The summed E-state index contributed by atoms with van der Waals surface area (Å²) in [5, 5.41) is 6.66. The quantitative estimate of drug-likeness (QED) is 0.636. The van der Waals surface area contributed by atoms with Gasteiger partial charge in [0, 0.05) is 6.92 Å². The van der Waals surface area contributed by atoms with Gasteiger partial charge in [0.05, 0.1) is 17.5 Å². The third-order valence-corrected chi connectivity index (χ3v) is 4.40. The Morgan fingerprint density at radius 1 is 1.31 bits per heavy atom. The van der Waals surface area contributed by atoms with E-state index in [1.807, 2.05) is 30.3 Å². The zero-order chi connectivity index (χ0) is 18.8. The molecule has 0 aliphatic carbocycles. The number of carbonyl (C=O) groups excluding carboxylic acids is 2. The molecule has 8 heteroatoms. The number of aromatic nitrogens is 2. The Kier molecular flexibility index (Phi) is 8.14. The molecule has 0 aliphatic heterocycles. The van der Waals surface area contributed by atoms with Crippen molar-refractivity contribution in [3.05, 3.63) is 47.6 Å². The Bertz CT molecular complexity index is 705. The van der Waals surface area contributed by atoms with Gasteiger partial charge in [0.2, 0.25) is 5.89 Å². The van der Waals surface area contributed by atoms with E-state index < -0.39 is 5.97 Å². The monoisotopic (exact) mass is 377 g/mol. The van der Waals surface area contributed by atoms with Crippen LogP contribution in [0.2, 0.25) is 0 Å². The van der Waals surface area contributed by atoms with Crippen LogP contribution >= 0.6 is 11.8 Å². The van der Waals surface area contributed by atoms with Crippen LogP contribution in [0, 0.1) is 6.92 Å². The van der Waals surface area contributed by atoms with Crippen molar-refractivity contribution in [2.45, 2.75) is 38.5 Å². The van der Waals surface area contributed by atoms with Gasteiger partial charge in [-0.05, 0) is 12.0 Å². The summed E-state index contributed by atoms with van der Waals surface area (Å²) in [5.74, 6) is 0.836. The number of aryl methyl sites for hydroxylation is 1. The zero-order valence-electron chi connectivity index (χ0n) is 14.9. The van der Waals surface area contributed by atoms with Crippen molar-refractivity contribution in [1.29, 1.82) is 0 Å². The minimum absolute atomic E-state index is 0.0803. The topological polar surface area (TPSA) is 94.3 Å². The molecule has 1 aromatic heterocycles. The zero-order valence-corrected chi connectivity index (χ0v) is 15.8. The summed E-state index contributed by atoms with van der Waals surface area (Å²) in [6.45, 7) is 3.48. The van der Waals surface area contributed by atoms with Crippen LogP contribution in [-0.4, -0.2) is 34.4 Å². The van der Waals surface area contributed by atoms with Gasteiger partial charge in [-0.1, -0.05) is 48.8 Å².